The first-order valence-corrected chi connectivity index (χ1v) is 10.3. The SMILES string of the molecule is CCOc1ccc(CCN2CCCCN2c2ccc(N)c3ccccc23)cc1. The van der Waals surface area contributed by atoms with Gasteiger partial charge in [0.15, 0.2) is 0 Å². The summed E-state index contributed by atoms with van der Waals surface area (Å²) in [5, 5.41) is 7.32. The van der Waals surface area contributed by atoms with Gasteiger partial charge in [-0.15, -0.1) is 0 Å². The Hall–Kier alpha value is -2.72. The highest BCUT2D eigenvalue weighted by atomic mass is 16.5. The minimum Gasteiger partial charge on any atom is -0.494 e. The van der Waals surface area contributed by atoms with Crippen LogP contribution in [0.25, 0.3) is 10.8 Å². The van der Waals surface area contributed by atoms with E-state index in [0.29, 0.717) is 6.61 Å². The van der Waals surface area contributed by atoms with Crippen LogP contribution in [0.3, 0.4) is 0 Å². The summed E-state index contributed by atoms with van der Waals surface area (Å²) in [4.78, 5) is 0. The van der Waals surface area contributed by atoms with E-state index >= 15 is 0 Å². The van der Waals surface area contributed by atoms with E-state index in [4.69, 9.17) is 10.5 Å². The van der Waals surface area contributed by atoms with Gasteiger partial charge in [0.25, 0.3) is 0 Å². The van der Waals surface area contributed by atoms with Gasteiger partial charge >= 0.3 is 0 Å². The number of benzene rings is 3. The Morgan fingerprint density at radius 3 is 2.43 bits per heavy atom. The molecule has 1 aliphatic rings. The Kier molecular flexibility index (Phi) is 5.68. The molecule has 0 aliphatic carbocycles. The van der Waals surface area contributed by atoms with Gasteiger partial charge < -0.3 is 15.5 Å². The molecule has 3 aromatic rings. The number of ether oxygens (including phenoxy) is 1. The number of rotatable bonds is 6. The first-order valence-electron chi connectivity index (χ1n) is 10.3. The lowest BCUT2D eigenvalue weighted by atomic mass is 10.1. The number of fused-ring (bicyclic) bond motifs is 1. The van der Waals surface area contributed by atoms with Crippen molar-refractivity contribution in [2.75, 3.05) is 37.0 Å². The van der Waals surface area contributed by atoms with Gasteiger partial charge in [0.2, 0.25) is 0 Å². The molecule has 4 nitrogen and oxygen atoms in total. The fraction of sp³-hybridized carbons (Fsp3) is 0.333. The summed E-state index contributed by atoms with van der Waals surface area (Å²) in [6.07, 6.45) is 3.49. The first-order chi connectivity index (χ1) is 13.8. The molecule has 28 heavy (non-hydrogen) atoms. The van der Waals surface area contributed by atoms with E-state index in [2.05, 4.69) is 64.6 Å². The molecule has 146 valence electrons. The quantitative estimate of drug-likeness (QED) is 0.624. The molecule has 0 saturated carbocycles. The predicted molar refractivity (Wildman–Crippen MR) is 118 cm³/mol. The maximum Gasteiger partial charge on any atom is 0.119 e. The van der Waals surface area contributed by atoms with Crippen molar-refractivity contribution in [3.8, 4) is 5.75 Å². The average Bonchev–Trinajstić information content (AvgIpc) is 2.74. The number of nitrogens with two attached hydrogens (primary N) is 1. The van der Waals surface area contributed by atoms with Crippen molar-refractivity contribution >= 4 is 22.1 Å². The Balaban J connectivity index is 1.53. The third-order valence-electron chi connectivity index (χ3n) is 5.48. The highest BCUT2D eigenvalue weighted by Gasteiger charge is 2.22. The monoisotopic (exact) mass is 375 g/mol. The summed E-state index contributed by atoms with van der Waals surface area (Å²) in [7, 11) is 0. The van der Waals surface area contributed by atoms with Crippen molar-refractivity contribution in [1.82, 2.24) is 5.01 Å². The molecule has 1 saturated heterocycles. The zero-order valence-electron chi connectivity index (χ0n) is 16.6. The Bertz CT molecular complexity index is 923. The number of nitrogens with zero attached hydrogens (tertiary/aromatic N) is 2. The van der Waals surface area contributed by atoms with Crippen LogP contribution in [0.4, 0.5) is 11.4 Å². The zero-order chi connectivity index (χ0) is 19.3. The van der Waals surface area contributed by atoms with E-state index in [0.717, 1.165) is 42.9 Å². The van der Waals surface area contributed by atoms with Gasteiger partial charge in [-0.3, -0.25) is 0 Å². The number of hydrogen-bond donors (Lipinski definition) is 1. The van der Waals surface area contributed by atoms with Gasteiger partial charge in [0.1, 0.15) is 5.75 Å². The number of hydrazine groups is 1. The highest BCUT2D eigenvalue weighted by Crippen LogP contribution is 2.33. The molecular formula is C24H29N3O. The smallest absolute Gasteiger partial charge is 0.119 e. The lowest BCUT2D eigenvalue weighted by Gasteiger charge is -2.41. The normalized spacial score (nSPS) is 15.1. The van der Waals surface area contributed by atoms with Crippen LogP contribution < -0.4 is 15.5 Å². The van der Waals surface area contributed by atoms with E-state index < -0.39 is 0 Å². The van der Waals surface area contributed by atoms with Gasteiger partial charge in [-0.05, 0) is 56.0 Å². The molecule has 3 aromatic carbocycles. The molecule has 1 heterocycles. The largest absolute Gasteiger partial charge is 0.494 e. The Morgan fingerprint density at radius 2 is 1.64 bits per heavy atom. The van der Waals surface area contributed by atoms with Crippen LogP contribution in [-0.2, 0) is 6.42 Å². The van der Waals surface area contributed by atoms with Crippen molar-refractivity contribution in [2.24, 2.45) is 0 Å². The zero-order valence-corrected chi connectivity index (χ0v) is 16.6. The molecule has 0 spiro atoms. The van der Waals surface area contributed by atoms with E-state index in [-0.39, 0.29) is 0 Å². The van der Waals surface area contributed by atoms with E-state index in [9.17, 15) is 0 Å². The topological polar surface area (TPSA) is 41.7 Å². The van der Waals surface area contributed by atoms with Crippen molar-refractivity contribution in [1.29, 1.82) is 0 Å². The van der Waals surface area contributed by atoms with Crippen LogP contribution in [0.1, 0.15) is 25.3 Å². The summed E-state index contributed by atoms with van der Waals surface area (Å²) < 4.78 is 5.55. The fourth-order valence-corrected chi connectivity index (χ4v) is 4.03. The van der Waals surface area contributed by atoms with Crippen LogP contribution in [-0.4, -0.2) is 31.3 Å². The third-order valence-corrected chi connectivity index (χ3v) is 5.48. The number of anilines is 2. The summed E-state index contributed by atoms with van der Waals surface area (Å²) in [6, 6.07) is 21.2. The molecule has 0 bridgehead atoms. The maximum atomic E-state index is 6.22. The summed E-state index contributed by atoms with van der Waals surface area (Å²) >= 11 is 0. The number of hydrogen-bond acceptors (Lipinski definition) is 4. The number of nitrogen functional groups attached to an aromatic ring is 1. The first kappa shape index (κ1) is 18.6. The summed E-state index contributed by atoms with van der Waals surface area (Å²) in [5.74, 6) is 0.944. The van der Waals surface area contributed by atoms with Gasteiger partial charge in [-0.25, -0.2) is 5.01 Å². The molecule has 0 radical (unpaired) electrons. The third kappa shape index (κ3) is 3.92. The summed E-state index contributed by atoms with van der Waals surface area (Å²) in [6.45, 7) is 5.87. The van der Waals surface area contributed by atoms with Crippen molar-refractivity contribution < 1.29 is 4.74 Å². The van der Waals surface area contributed by atoms with Crippen LogP contribution >= 0.6 is 0 Å². The van der Waals surface area contributed by atoms with Crippen LogP contribution in [0.5, 0.6) is 5.75 Å². The highest BCUT2D eigenvalue weighted by molar-refractivity contribution is 6.01. The molecule has 1 fully saturated rings. The van der Waals surface area contributed by atoms with Crippen LogP contribution in [0.15, 0.2) is 60.7 Å². The molecule has 1 aliphatic heterocycles. The van der Waals surface area contributed by atoms with Gasteiger partial charge in [0.05, 0.1) is 12.3 Å². The predicted octanol–water partition coefficient (Wildman–Crippen LogP) is 4.88. The van der Waals surface area contributed by atoms with Gasteiger partial charge in [0, 0.05) is 36.1 Å². The van der Waals surface area contributed by atoms with Crippen molar-refractivity contribution in [3.05, 3.63) is 66.2 Å². The van der Waals surface area contributed by atoms with E-state index in [1.165, 1.54) is 29.5 Å². The molecule has 4 heteroatoms. The van der Waals surface area contributed by atoms with Crippen molar-refractivity contribution in [2.45, 2.75) is 26.2 Å². The van der Waals surface area contributed by atoms with Crippen LogP contribution in [0, 0.1) is 0 Å². The Labute approximate surface area is 167 Å². The summed E-state index contributed by atoms with van der Waals surface area (Å²) in [5.41, 5.74) is 9.66. The second-order valence-electron chi connectivity index (χ2n) is 7.33. The maximum absolute atomic E-state index is 6.22. The van der Waals surface area contributed by atoms with Gasteiger partial charge in [-0.1, -0.05) is 36.4 Å². The second kappa shape index (κ2) is 8.53. The molecule has 0 aromatic heterocycles. The minimum absolute atomic E-state index is 0.706. The standard InChI is InChI=1S/C24H29N3O/c1-2-28-20-11-9-19(10-12-20)15-18-26-16-5-6-17-27(26)24-14-13-23(25)21-7-3-4-8-22(21)24/h3-4,7-14H,2,5-6,15-18,25H2,1H3. The molecule has 2 N–H and O–H groups in total. The molecule has 0 amide bonds. The van der Waals surface area contributed by atoms with E-state index in [1.54, 1.807) is 0 Å². The fourth-order valence-electron chi connectivity index (χ4n) is 4.03. The average molecular weight is 376 g/mol. The molecule has 0 unspecified atom stereocenters. The second-order valence-corrected chi connectivity index (χ2v) is 7.33. The van der Waals surface area contributed by atoms with Crippen molar-refractivity contribution in [3.63, 3.8) is 0 Å². The van der Waals surface area contributed by atoms with E-state index in [1.807, 2.05) is 13.0 Å². The molecule has 4 rings (SSSR count). The minimum atomic E-state index is 0.706. The lowest BCUT2D eigenvalue weighted by molar-refractivity contribution is 0.215. The molecular weight excluding hydrogens is 346 g/mol. The molecule has 0 atom stereocenters. The van der Waals surface area contributed by atoms with Gasteiger partial charge in [-0.2, -0.15) is 0 Å². The Morgan fingerprint density at radius 1 is 0.893 bits per heavy atom. The van der Waals surface area contributed by atoms with Crippen LogP contribution in [0.2, 0.25) is 0 Å². The lowest BCUT2D eigenvalue weighted by Crippen LogP contribution is -2.48.